The van der Waals surface area contributed by atoms with Crippen LogP contribution in [-0.4, -0.2) is 11.5 Å². The summed E-state index contributed by atoms with van der Waals surface area (Å²) in [6, 6.07) is 12.2. The molecule has 0 spiro atoms. The van der Waals surface area contributed by atoms with E-state index in [0.29, 0.717) is 0 Å². The van der Waals surface area contributed by atoms with E-state index in [-0.39, 0.29) is 0 Å². The lowest BCUT2D eigenvalue weighted by molar-refractivity contribution is 1.14. The lowest BCUT2D eigenvalue weighted by atomic mass is 10.2. The molecular weight excluding hydrogens is 276 g/mol. The van der Waals surface area contributed by atoms with Gasteiger partial charge in [0, 0.05) is 29.3 Å². The molecule has 0 amide bonds. The zero-order valence-corrected chi connectivity index (χ0v) is 12.5. The number of thioether (sulfide) groups is 1. The lowest BCUT2D eigenvalue weighted by Crippen LogP contribution is -1.98. The summed E-state index contributed by atoms with van der Waals surface area (Å²) >= 11 is 7.74. The molecule has 0 aliphatic rings. The Balaban J connectivity index is 1.80. The predicted molar refractivity (Wildman–Crippen MR) is 84.9 cm³/mol. The van der Waals surface area contributed by atoms with Crippen molar-refractivity contribution in [2.75, 3.05) is 11.9 Å². The van der Waals surface area contributed by atoms with Gasteiger partial charge in [0.25, 0.3) is 0 Å². The van der Waals surface area contributed by atoms with Crippen LogP contribution in [0.15, 0.2) is 42.6 Å². The molecule has 1 N–H and O–H groups in total. The molecule has 0 bridgehead atoms. The van der Waals surface area contributed by atoms with Crippen molar-refractivity contribution in [3.05, 3.63) is 58.7 Å². The maximum absolute atomic E-state index is 5.86. The highest BCUT2D eigenvalue weighted by Crippen LogP contribution is 2.19. The van der Waals surface area contributed by atoms with E-state index in [1.165, 1.54) is 11.1 Å². The molecule has 0 fully saturated rings. The largest absolute Gasteiger partial charge is 0.370 e. The third-order valence-electron chi connectivity index (χ3n) is 2.63. The maximum atomic E-state index is 5.86. The van der Waals surface area contributed by atoms with Crippen LogP contribution in [0.2, 0.25) is 5.02 Å². The number of halogens is 1. The maximum Gasteiger partial charge on any atom is 0.125 e. The number of nitrogens with one attached hydrogen (secondary N) is 1. The van der Waals surface area contributed by atoms with Gasteiger partial charge in [0.2, 0.25) is 0 Å². The van der Waals surface area contributed by atoms with Crippen LogP contribution in [0, 0.1) is 0 Å². The number of aromatic nitrogens is 1. The first-order valence-electron chi connectivity index (χ1n) is 6.29. The normalized spacial score (nSPS) is 10.4. The Hall–Kier alpha value is -1.19. The summed E-state index contributed by atoms with van der Waals surface area (Å²) in [4.78, 5) is 4.36. The molecule has 0 aliphatic carbocycles. The summed E-state index contributed by atoms with van der Waals surface area (Å²) in [5, 5.41) is 3.98. The van der Waals surface area contributed by atoms with Gasteiger partial charge in [0.05, 0.1) is 0 Å². The SMILES string of the molecule is CCNc1ccc(CSCc2ccc(Cl)cc2)cn1. The molecule has 1 aromatic carbocycles. The first kappa shape index (κ1) is 14.2. The lowest BCUT2D eigenvalue weighted by Gasteiger charge is -2.05. The molecule has 0 unspecified atom stereocenters. The van der Waals surface area contributed by atoms with E-state index < -0.39 is 0 Å². The van der Waals surface area contributed by atoms with Gasteiger partial charge in [-0.15, -0.1) is 0 Å². The quantitative estimate of drug-likeness (QED) is 0.842. The summed E-state index contributed by atoms with van der Waals surface area (Å²) < 4.78 is 0. The van der Waals surface area contributed by atoms with Crippen LogP contribution in [0.1, 0.15) is 18.1 Å². The van der Waals surface area contributed by atoms with Crippen molar-refractivity contribution in [2.45, 2.75) is 18.4 Å². The van der Waals surface area contributed by atoms with Gasteiger partial charge in [-0.3, -0.25) is 0 Å². The molecule has 0 saturated carbocycles. The van der Waals surface area contributed by atoms with E-state index in [4.69, 9.17) is 11.6 Å². The predicted octanol–water partition coefficient (Wildman–Crippen LogP) is 4.60. The van der Waals surface area contributed by atoms with Gasteiger partial charge in [0.1, 0.15) is 5.82 Å². The van der Waals surface area contributed by atoms with Crippen LogP contribution >= 0.6 is 23.4 Å². The van der Waals surface area contributed by atoms with Crippen molar-refractivity contribution in [1.82, 2.24) is 4.98 Å². The Bertz CT molecular complexity index is 497. The Kier molecular flexibility index (Phi) is 5.55. The molecule has 1 aromatic heterocycles. The van der Waals surface area contributed by atoms with Crippen LogP contribution in [-0.2, 0) is 11.5 Å². The second kappa shape index (κ2) is 7.41. The van der Waals surface area contributed by atoms with Crippen LogP contribution in [0.25, 0.3) is 0 Å². The average Bonchev–Trinajstić information content (AvgIpc) is 2.43. The van der Waals surface area contributed by atoms with Crippen LogP contribution < -0.4 is 5.32 Å². The fourth-order valence-corrected chi connectivity index (χ4v) is 2.73. The molecule has 0 aliphatic heterocycles. The van der Waals surface area contributed by atoms with E-state index in [1.807, 2.05) is 36.2 Å². The Labute approximate surface area is 123 Å². The molecule has 4 heteroatoms. The number of anilines is 1. The zero-order valence-electron chi connectivity index (χ0n) is 10.9. The first-order chi connectivity index (χ1) is 9.28. The van der Waals surface area contributed by atoms with Gasteiger partial charge in [0.15, 0.2) is 0 Å². The van der Waals surface area contributed by atoms with Crippen molar-refractivity contribution in [3.8, 4) is 0 Å². The zero-order chi connectivity index (χ0) is 13.5. The molecule has 2 nitrogen and oxygen atoms in total. The summed E-state index contributed by atoms with van der Waals surface area (Å²) in [5.41, 5.74) is 2.55. The second-order valence-electron chi connectivity index (χ2n) is 4.20. The van der Waals surface area contributed by atoms with Crippen LogP contribution in [0.4, 0.5) is 5.82 Å². The fraction of sp³-hybridized carbons (Fsp3) is 0.267. The van der Waals surface area contributed by atoms with Gasteiger partial charge >= 0.3 is 0 Å². The highest BCUT2D eigenvalue weighted by atomic mass is 35.5. The van der Waals surface area contributed by atoms with Gasteiger partial charge in [-0.2, -0.15) is 11.8 Å². The molecule has 19 heavy (non-hydrogen) atoms. The van der Waals surface area contributed by atoms with Gasteiger partial charge in [-0.25, -0.2) is 4.98 Å². The number of benzene rings is 1. The number of hydrogen-bond acceptors (Lipinski definition) is 3. The van der Waals surface area contributed by atoms with E-state index in [9.17, 15) is 0 Å². The highest BCUT2D eigenvalue weighted by Gasteiger charge is 1.98. The smallest absolute Gasteiger partial charge is 0.125 e. The Morgan fingerprint density at radius 1 is 1.05 bits per heavy atom. The van der Waals surface area contributed by atoms with Crippen LogP contribution in [0.5, 0.6) is 0 Å². The average molecular weight is 293 g/mol. The highest BCUT2D eigenvalue weighted by molar-refractivity contribution is 7.97. The summed E-state index contributed by atoms with van der Waals surface area (Å²) in [6.45, 7) is 2.97. The minimum Gasteiger partial charge on any atom is -0.370 e. The number of hydrogen-bond donors (Lipinski definition) is 1. The fourth-order valence-electron chi connectivity index (χ4n) is 1.66. The number of rotatable bonds is 6. The Morgan fingerprint density at radius 2 is 1.74 bits per heavy atom. The minimum absolute atomic E-state index is 0.789. The van der Waals surface area contributed by atoms with E-state index in [0.717, 1.165) is 28.9 Å². The summed E-state index contributed by atoms with van der Waals surface area (Å²) in [6.07, 6.45) is 1.94. The molecule has 100 valence electrons. The van der Waals surface area contributed by atoms with Gasteiger partial charge in [-0.1, -0.05) is 29.8 Å². The molecule has 0 radical (unpaired) electrons. The Morgan fingerprint density at radius 3 is 2.37 bits per heavy atom. The second-order valence-corrected chi connectivity index (χ2v) is 5.62. The standard InChI is InChI=1S/C15H17ClN2S/c1-2-17-15-8-5-13(9-18-15)11-19-10-12-3-6-14(16)7-4-12/h3-9H,2,10-11H2,1H3,(H,17,18). The first-order valence-corrected chi connectivity index (χ1v) is 7.82. The van der Waals surface area contributed by atoms with E-state index in [2.05, 4.69) is 35.4 Å². The van der Waals surface area contributed by atoms with E-state index >= 15 is 0 Å². The topological polar surface area (TPSA) is 24.9 Å². The third-order valence-corrected chi connectivity index (χ3v) is 3.96. The van der Waals surface area contributed by atoms with Crippen molar-refractivity contribution in [1.29, 1.82) is 0 Å². The molecule has 2 aromatic rings. The molecule has 1 heterocycles. The summed E-state index contributed by atoms with van der Waals surface area (Å²) in [7, 11) is 0. The molecule has 2 rings (SSSR count). The summed E-state index contributed by atoms with van der Waals surface area (Å²) in [5.74, 6) is 2.91. The van der Waals surface area contributed by atoms with E-state index in [1.54, 1.807) is 0 Å². The minimum atomic E-state index is 0.789. The van der Waals surface area contributed by atoms with Crippen LogP contribution in [0.3, 0.4) is 0 Å². The van der Waals surface area contributed by atoms with Crippen molar-refractivity contribution in [3.63, 3.8) is 0 Å². The van der Waals surface area contributed by atoms with Crippen molar-refractivity contribution >= 4 is 29.2 Å². The van der Waals surface area contributed by atoms with Gasteiger partial charge < -0.3 is 5.32 Å². The number of pyridine rings is 1. The van der Waals surface area contributed by atoms with Crippen molar-refractivity contribution in [2.24, 2.45) is 0 Å². The molecule has 0 atom stereocenters. The van der Waals surface area contributed by atoms with Gasteiger partial charge in [-0.05, 0) is 36.2 Å². The number of nitrogens with zero attached hydrogens (tertiary/aromatic N) is 1. The third kappa shape index (κ3) is 4.77. The monoisotopic (exact) mass is 292 g/mol. The molecular formula is C15H17ClN2S. The molecule has 0 saturated heterocycles. The van der Waals surface area contributed by atoms with Crippen molar-refractivity contribution < 1.29 is 0 Å².